The van der Waals surface area contributed by atoms with Crippen molar-refractivity contribution in [1.29, 1.82) is 0 Å². The summed E-state index contributed by atoms with van der Waals surface area (Å²) in [4.78, 5) is 27.1. The Morgan fingerprint density at radius 3 is 2.31 bits per heavy atom. The van der Waals surface area contributed by atoms with E-state index in [9.17, 15) is 9.59 Å². The Bertz CT molecular complexity index is 1060. The standard InChI is InChI=1S/C26H29NO5/c1-17-8-9-18(2)20(13-17)10-11-24(28)27-12-6-7-21(26(27)29)14-19-15-22(30-3)25(32-5)23(16-19)31-4/h8-11,13-16H,6-7,12H2,1-5H3/b11-10+,21-14+. The Kier molecular flexibility index (Phi) is 7.36. The maximum atomic E-state index is 13.1. The number of methoxy groups -OCH3 is 3. The molecule has 0 radical (unpaired) electrons. The summed E-state index contributed by atoms with van der Waals surface area (Å²) in [7, 11) is 4.63. The first-order valence-electron chi connectivity index (χ1n) is 10.5. The molecule has 0 atom stereocenters. The number of ether oxygens (including phenoxy) is 3. The van der Waals surface area contributed by atoms with Gasteiger partial charge >= 0.3 is 0 Å². The van der Waals surface area contributed by atoms with Crippen molar-refractivity contribution in [3.05, 3.63) is 64.2 Å². The molecule has 0 spiro atoms. The van der Waals surface area contributed by atoms with Crippen LogP contribution in [0.2, 0.25) is 0 Å². The zero-order chi connectivity index (χ0) is 23.3. The predicted octanol–water partition coefficient (Wildman–Crippen LogP) is 4.58. The molecule has 32 heavy (non-hydrogen) atoms. The van der Waals surface area contributed by atoms with Crippen molar-refractivity contribution in [2.45, 2.75) is 26.7 Å². The highest BCUT2D eigenvalue weighted by Gasteiger charge is 2.27. The Labute approximate surface area is 189 Å². The first-order valence-corrected chi connectivity index (χ1v) is 10.5. The van der Waals surface area contributed by atoms with Gasteiger partial charge < -0.3 is 14.2 Å². The molecule has 1 fully saturated rings. The summed E-state index contributed by atoms with van der Waals surface area (Å²) in [6.45, 7) is 4.41. The first-order chi connectivity index (χ1) is 15.4. The number of benzene rings is 2. The van der Waals surface area contributed by atoms with Gasteiger partial charge in [0.1, 0.15) is 0 Å². The van der Waals surface area contributed by atoms with E-state index in [0.717, 1.165) is 22.3 Å². The Balaban J connectivity index is 1.84. The van der Waals surface area contributed by atoms with Crippen molar-refractivity contribution in [2.75, 3.05) is 27.9 Å². The summed E-state index contributed by atoms with van der Waals surface area (Å²) >= 11 is 0. The van der Waals surface area contributed by atoms with Gasteiger partial charge in [-0.25, -0.2) is 0 Å². The lowest BCUT2D eigenvalue weighted by Crippen LogP contribution is -2.40. The molecule has 0 unspecified atom stereocenters. The van der Waals surface area contributed by atoms with E-state index in [1.54, 1.807) is 45.6 Å². The van der Waals surface area contributed by atoms with E-state index in [1.165, 1.54) is 11.0 Å². The topological polar surface area (TPSA) is 65.1 Å². The summed E-state index contributed by atoms with van der Waals surface area (Å²) in [5, 5.41) is 0. The van der Waals surface area contributed by atoms with Gasteiger partial charge in [-0.3, -0.25) is 14.5 Å². The molecule has 6 nitrogen and oxygen atoms in total. The average Bonchev–Trinajstić information content (AvgIpc) is 2.80. The average molecular weight is 436 g/mol. The van der Waals surface area contributed by atoms with E-state index in [-0.39, 0.29) is 11.8 Å². The molecule has 0 N–H and O–H groups in total. The second-order valence-corrected chi connectivity index (χ2v) is 7.72. The number of rotatable bonds is 6. The second-order valence-electron chi connectivity index (χ2n) is 7.72. The fraction of sp³-hybridized carbons (Fsp3) is 0.308. The summed E-state index contributed by atoms with van der Waals surface area (Å²) in [6, 6.07) is 9.63. The highest BCUT2D eigenvalue weighted by molar-refractivity contribution is 6.11. The molecule has 3 rings (SSSR count). The van der Waals surface area contributed by atoms with Gasteiger partial charge in [-0.2, -0.15) is 0 Å². The number of likely N-dealkylation sites (tertiary alicyclic amines) is 1. The first kappa shape index (κ1) is 23.1. The molecule has 0 bridgehead atoms. The van der Waals surface area contributed by atoms with Gasteiger partial charge in [0.2, 0.25) is 5.75 Å². The molecule has 1 aliphatic rings. The van der Waals surface area contributed by atoms with E-state index >= 15 is 0 Å². The van der Waals surface area contributed by atoms with Crippen molar-refractivity contribution in [3.63, 3.8) is 0 Å². The van der Waals surface area contributed by atoms with Crippen LogP contribution in [0.25, 0.3) is 12.2 Å². The van der Waals surface area contributed by atoms with E-state index < -0.39 is 0 Å². The molecule has 2 aromatic carbocycles. The van der Waals surface area contributed by atoms with Crippen LogP contribution in [0.1, 0.15) is 35.1 Å². The number of aryl methyl sites for hydroxylation is 2. The number of nitrogens with zero attached hydrogens (tertiary/aromatic N) is 1. The van der Waals surface area contributed by atoms with Crippen molar-refractivity contribution >= 4 is 24.0 Å². The zero-order valence-corrected chi connectivity index (χ0v) is 19.2. The predicted molar refractivity (Wildman–Crippen MR) is 125 cm³/mol. The van der Waals surface area contributed by atoms with Gasteiger partial charge in [-0.05, 0) is 67.7 Å². The largest absolute Gasteiger partial charge is 0.493 e. The Morgan fingerprint density at radius 1 is 1.00 bits per heavy atom. The van der Waals surface area contributed by atoms with Gasteiger partial charge in [0.15, 0.2) is 11.5 Å². The molecule has 2 amide bonds. The third kappa shape index (κ3) is 5.02. The lowest BCUT2D eigenvalue weighted by atomic mass is 10.00. The summed E-state index contributed by atoms with van der Waals surface area (Å²) in [5.41, 5.74) is 4.47. The molecule has 2 aromatic rings. The number of carbonyl (C=O) groups is 2. The minimum absolute atomic E-state index is 0.277. The molecule has 1 aliphatic heterocycles. The lowest BCUT2D eigenvalue weighted by Gasteiger charge is -2.26. The number of carbonyl (C=O) groups excluding carboxylic acids is 2. The lowest BCUT2D eigenvalue weighted by molar-refractivity contribution is -0.140. The van der Waals surface area contributed by atoms with Crippen molar-refractivity contribution in [3.8, 4) is 17.2 Å². The monoisotopic (exact) mass is 435 g/mol. The van der Waals surface area contributed by atoms with Crippen LogP contribution in [0.15, 0.2) is 42.0 Å². The molecular formula is C26H29NO5. The smallest absolute Gasteiger partial charge is 0.256 e. The number of piperidine rings is 1. The molecule has 1 heterocycles. The second kappa shape index (κ2) is 10.2. The van der Waals surface area contributed by atoms with Gasteiger partial charge in [-0.15, -0.1) is 0 Å². The normalized spacial score (nSPS) is 15.3. The molecule has 1 saturated heterocycles. The van der Waals surface area contributed by atoms with Crippen LogP contribution in [0.4, 0.5) is 0 Å². The molecule has 0 aromatic heterocycles. The van der Waals surface area contributed by atoms with Crippen LogP contribution < -0.4 is 14.2 Å². The highest BCUT2D eigenvalue weighted by Crippen LogP contribution is 2.39. The quantitative estimate of drug-likeness (QED) is 0.622. The minimum Gasteiger partial charge on any atom is -0.493 e. The number of hydrogen-bond donors (Lipinski definition) is 0. The van der Waals surface area contributed by atoms with Crippen molar-refractivity contribution < 1.29 is 23.8 Å². The van der Waals surface area contributed by atoms with Gasteiger partial charge in [-0.1, -0.05) is 23.8 Å². The maximum absolute atomic E-state index is 13.1. The van der Waals surface area contributed by atoms with Crippen LogP contribution in [0, 0.1) is 13.8 Å². The van der Waals surface area contributed by atoms with Crippen LogP contribution >= 0.6 is 0 Å². The SMILES string of the molecule is COc1cc(/C=C2\CCCN(C(=O)/C=C/c3cc(C)ccc3C)C2=O)cc(OC)c1OC. The fourth-order valence-corrected chi connectivity index (χ4v) is 3.73. The number of imide groups is 1. The molecule has 0 aliphatic carbocycles. The summed E-state index contributed by atoms with van der Waals surface area (Å²) in [6.07, 6.45) is 6.34. The molecule has 0 saturated carbocycles. The van der Waals surface area contributed by atoms with Crippen molar-refractivity contribution in [2.24, 2.45) is 0 Å². The minimum atomic E-state index is -0.314. The van der Waals surface area contributed by atoms with Crippen molar-refractivity contribution in [1.82, 2.24) is 4.90 Å². The zero-order valence-electron chi connectivity index (χ0n) is 19.2. The highest BCUT2D eigenvalue weighted by atomic mass is 16.5. The van der Waals surface area contributed by atoms with Crippen LogP contribution in [0.3, 0.4) is 0 Å². The van der Waals surface area contributed by atoms with E-state index in [2.05, 4.69) is 0 Å². The molecule has 6 heteroatoms. The van der Waals surface area contributed by atoms with E-state index in [4.69, 9.17) is 14.2 Å². The molecular weight excluding hydrogens is 406 g/mol. The van der Waals surface area contributed by atoms with Gasteiger partial charge in [0.25, 0.3) is 11.8 Å². The van der Waals surface area contributed by atoms with E-state index in [0.29, 0.717) is 42.2 Å². The van der Waals surface area contributed by atoms with Gasteiger partial charge in [0, 0.05) is 18.2 Å². The third-order valence-electron chi connectivity index (χ3n) is 5.48. The summed E-state index contributed by atoms with van der Waals surface area (Å²) < 4.78 is 16.1. The molecule has 168 valence electrons. The van der Waals surface area contributed by atoms with E-state index in [1.807, 2.05) is 32.0 Å². The van der Waals surface area contributed by atoms with Crippen LogP contribution in [-0.4, -0.2) is 44.6 Å². The Hall–Kier alpha value is -3.54. The third-order valence-corrected chi connectivity index (χ3v) is 5.48. The van der Waals surface area contributed by atoms with Crippen LogP contribution in [-0.2, 0) is 9.59 Å². The summed E-state index contributed by atoms with van der Waals surface area (Å²) in [5.74, 6) is 0.908. The maximum Gasteiger partial charge on any atom is 0.256 e. The van der Waals surface area contributed by atoms with Gasteiger partial charge in [0.05, 0.1) is 21.3 Å². The fourth-order valence-electron chi connectivity index (χ4n) is 3.73. The number of hydrogen-bond acceptors (Lipinski definition) is 5. The Morgan fingerprint density at radius 2 is 1.69 bits per heavy atom. The number of amides is 2. The van der Waals surface area contributed by atoms with Crippen LogP contribution in [0.5, 0.6) is 17.2 Å².